The highest BCUT2D eigenvalue weighted by Crippen LogP contribution is 2.20. The molecule has 2 heterocycles. The van der Waals surface area contributed by atoms with Gasteiger partial charge in [0.25, 0.3) is 5.91 Å². The Morgan fingerprint density at radius 1 is 1.37 bits per heavy atom. The second-order valence-corrected chi connectivity index (χ2v) is 7.60. The summed E-state index contributed by atoms with van der Waals surface area (Å²) in [5.74, 6) is -0.606. The van der Waals surface area contributed by atoms with Crippen LogP contribution >= 0.6 is 11.6 Å². The molecule has 4 unspecified atom stereocenters. The summed E-state index contributed by atoms with van der Waals surface area (Å²) in [5.41, 5.74) is 0.905. The van der Waals surface area contributed by atoms with Crippen molar-refractivity contribution in [2.75, 3.05) is 13.2 Å². The Morgan fingerprint density at radius 3 is 2.81 bits per heavy atom. The first-order valence-electron chi connectivity index (χ1n) is 9.06. The largest absolute Gasteiger partial charge is 0.390 e. The maximum Gasteiger partial charge on any atom is 0.322 e. The van der Waals surface area contributed by atoms with E-state index in [0.717, 1.165) is 12.1 Å². The zero-order valence-corrected chi connectivity index (χ0v) is 15.6. The Balaban J connectivity index is 1.41. The number of imide groups is 1. The lowest BCUT2D eigenvalue weighted by Gasteiger charge is -2.36. The van der Waals surface area contributed by atoms with E-state index in [1.807, 2.05) is 6.07 Å². The normalized spacial score (nSPS) is 25.7. The molecular weight excluding hydrogens is 375 g/mol. The molecule has 27 heavy (non-hydrogen) atoms. The number of alkyl halides is 1. The van der Waals surface area contributed by atoms with Crippen molar-refractivity contribution in [1.29, 1.82) is 0 Å². The molecule has 3 amide bonds. The summed E-state index contributed by atoms with van der Waals surface area (Å²) in [5, 5.41) is 17.9. The first kappa shape index (κ1) is 20.0. The average Bonchev–Trinajstić information content (AvgIpc) is 2.97. The number of aliphatic hydroxyl groups excluding tert-OH is 1. The van der Waals surface area contributed by atoms with Crippen LogP contribution in [-0.2, 0) is 11.3 Å². The van der Waals surface area contributed by atoms with Gasteiger partial charge in [-0.25, -0.2) is 9.18 Å². The standard InChI is InChI=1S/C18H24ClFN4O3/c19-13(4-5-15-17(26)23-18(27)22-15)16(25)14-6-7-24(10-21-14)9-11-2-1-3-12(20)8-11/h1-3,8,13-16,21,25H,4-7,9-10H2,(H2,22,23,26,27). The number of amides is 3. The minimum atomic E-state index is -0.761. The fourth-order valence-corrected chi connectivity index (χ4v) is 3.78. The molecule has 1 aromatic carbocycles. The minimum Gasteiger partial charge on any atom is -0.390 e. The molecule has 0 saturated carbocycles. The minimum absolute atomic E-state index is 0.150. The highest BCUT2D eigenvalue weighted by Gasteiger charge is 2.33. The van der Waals surface area contributed by atoms with Crippen LogP contribution in [0.1, 0.15) is 24.8 Å². The molecule has 4 atom stereocenters. The number of aliphatic hydroxyl groups is 1. The molecule has 2 saturated heterocycles. The highest BCUT2D eigenvalue weighted by molar-refractivity contribution is 6.21. The lowest BCUT2D eigenvalue weighted by molar-refractivity contribution is -0.120. The van der Waals surface area contributed by atoms with Crippen LogP contribution in [0.3, 0.4) is 0 Å². The molecule has 1 aromatic rings. The third-order valence-corrected chi connectivity index (χ3v) is 5.48. The van der Waals surface area contributed by atoms with Gasteiger partial charge < -0.3 is 10.4 Å². The molecule has 7 nitrogen and oxygen atoms in total. The van der Waals surface area contributed by atoms with Gasteiger partial charge in [-0.1, -0.05) is 12.1 Å². The van der Waals surface area contributed by atoms with Crippen LogP contribution in [0.5, 0.6) is 0 Å². The number of benzene rings is 1. The number of hydrogen-bond acceptors (Lipinski definition) is 5. The summed E-state index contributed by atoms with van der Waals surface area (Å²) >= 11 is 6.32. The third-order valence-electron chi connectivity index (χ3n) is 5.00. The molecule has 148 valence electrons. The Kier molecular flexibility index (Phi) is 6.64. The van der Waals surface area contributed by atoms with Crippen molar-refractivity contribution in [2.24, 2.45) is 0 Å². The number of nitrogens with zero attached hydrogens (tertiary/aromatic N) is 1. The van der Waals surface area contributed by atoms with Gasteiger partial charge in [-0.15, -0.1) is 11.6 Å². The number of rotatable bonds is 7. The zero-order valence-electron chi connectivity index (χ0n) is 14.8. The van der Waals surface area contributed by atoms with Gasteiger partial charge in [0.15, 0.2) is 0 Å². The molecule has 9 heteroatoms. The van der Waals surface area contributed by atoms with E-state index < -0.39 is 23.6 Å². The smallest absolute Gasteiger partial charge is 0.322 e. The van der Waals surface area contributed by atoms with E-state index >= 15 is 0 Å². The van der Waals surface area contributed by atoms with Crippen molar-refractivity contribution in [3.63, 3.8) is 0 Å². The van der Waals surface area contributed by atoms with Crippen LogP contribution in [0.15, 0.2) is 24.3 Å². The number of urea groups is 1. The van der Waals surface area contributed by atoms with E-state index in [4.69, 9.17) is 11.6 Å². The Bertz CT molecular complexity index is 684. The van der Waals surface area contributed by atoms with E-state index in [-0.39, 0.29) is 17.8 Å². The quantitative estimate of drug-likeness (QED) is 0.404. The Hall–Kier alpha value is -1.74. The van der Waals surface area contributed by atoms with Crippen molar-refractivity contribution in [3.05, 3.63) is 35.6 Å². The molecule has 2 aliphatic heterocycles. The van der Waals surface area contributed by atoms with Crippen LogP contribution in [0, 0.1) is 5.82 Å². The SMILES string of the molecule is O=C1NC(=O)C(CCC(Cl)C(O)C2CCN(Cc3cccc(F)c3)CN2)N1. The van der Waals surface area contributed by atoms with Crippen LogP contribution in [0.4, 0.5) is 9.18 Å². The van der Waals surface area contributed by atoms with Crippen LogP contribution in [-0.4, -0.2) is 58.7 Å². The number of nitrogens with one attached hydrogen (secondary N) is 3. The number of hydrogen-bond donors (Lipinski definition) is 4. The summed E-state index contributed by atoms with van der Waals surface area (Å²) < 4.78 is 13.3. The van der Waals surface area contributed by atoms with Gasteiger partial charge in [0.05, 0.1) is 11.5 Å². The van der Waals surface area contributed by atoms with E-state index in [0.29, 0.717) is 32.5 Å². The molecule has 2 aliphatic rings. The predicted octanol–water partition coefficient (Wildman–Crippen LogP) is 0.904. The van der Waals surface area contributed by atoms with Gasteiger partial charge in [0.1, 0.15) is 11.9 Å². The maximum absolute atomic E-state index is 13.3. The number of halogens is 2. The van der Waals surface area contributed by atoms with Crippen LogP contribution < -0.4 is 16.0 Å². The van der Waals surface area contributed by atoms with E-state index in [9.17, 15) is 19.1 Å². The molecule has 4 N–H and O–H groups in total. The summed E-state index contributed by atoms with van der Waals surface area (Å²) in [6.45, 7) is 1.97. The summed E-state index contributed by atoms with van der Waals surface area (Å²) in [4.78, 5) is 24.8. The first-order chi connectivity index (χ1) is 12.9. The topological polar surface area (TPSA) is 93.7 Å². The third kappa shape index (κ3) is 5.38. The first-order valence-corrected chi connectivity index (χ1v) is 9.49. The summed E-state index contributed by atoms with van der Waals surface area (Å²) in [7, 11) is 0. The van der Waals surface area contributed by atoms with Crippen LogP contribution in [0.2, 0.25) is 0 Å². The Morgan fingerprint density at radius 2 is 2.19 bits per heavy atom. The van der Waals surface area contributed by atoms with Crippen molar-refractivity contribution in [2.45, 2.75) is 49.4 Å². The fraction of sp³-hybridized carbons (Fsp3) is 0.556. The predicted molar refractivity (Wildman–Crippen MR) is 98.6 cm³/mol. The molecule has 0 radical (unpaired) electrons. The molecule has 2 fully saturated rings. The Labute approximate surface area is 162 Å². The second kappa shape index (κ2) is 8.97. The molecule has 0 spiro atoms. The highest BCUT2D eigenvalue weighted by atomic mass is 35.5. The zero-order chi connectivity index (χ0) is 19.4. The monoisotopic (exact) mass is 398 g/mol. The maximum atomic E-state index is 13.3. The fourth-order valence-electron chi connectivity index (χ4n) is 3.48. The molecule has 0 aromatic heterocycles. The van der Waals surface area contributed by atoms with Gasteiger partial charge in [-0.3, -0.25) is 20.3 Å². The number of carbonyl (C=O) groups excluding carboxylic acids is 2. The van der Waals surface area contributed by atoms with E-state index in [1.165, 1.54) is 12.1 Å². The van der Waals surface area contributed by atoms with Gasteiger partial charge in [-0.2, -0.15) is 0 Å². The number of carbonyl (C=O) groups is 2. The second-order valence-electron chi connectivity index (χ2n) is 7.04. The van der Waals surface area contributed by atoms with E-state index in [1.54, 1.807) is 6.07 Å². The lowest BCUT2D eigenvalue weighted by Crippen LogP contribution is -2.54. The van der Waals surface area contributed by atoms with E-state index in [2.05, 4.69) is 20.9 Å². The summed E-state index contributed by atoms with van der Waals surface area (Å²) in [6.07, 6.45) is 0.733. The van der Waals surface area contributed by atoms with Gasteiger partial charge in [0, 0.05) is 25.8 Å². The van der Waals surface area contributed by atoms with Crippen molar-refractivity contribution >= 4 is 23.5 Å². The lowest BCUT2D eigenvalue weighted by atomic mass is 9.98. The molecule has 0 aliphatic carbocycles. The molecular formula is C18H24ClFN4O3. The van der Waals surface area contributed by atoms with Gasteiger partial charge in [-0.05, 0) is 37.0 Å². The average molecular weight is 399 g/mol. The summed E-state index contributed by atoms with van der Waals surface area (Å²) in [6, 6.07) is 5.29. The van der Waals surface area contributed by atoms with Gasteiger partial charge in [0.2, 0.25) is 0 Å². The van der Waals surface area contributed by atoms with Crippen LogP contribution in [0.25, 0.3) is 0 Å². The molecule has 3 rings (SSSR count). The van der Waals surface area contributed by atoms with Gasteiger partial charge >= 0.3 is 6.03 Å². The van der Waals surface area contributed by atoms with Crippen molar-refractivity contribution in [3.8, 4) is 0 Å². The molecule has 0 bridgehead atoms. The van der Waals surface area contributed by atoms with Crippen molar-refractivity contribution in [1.82, 2.24) is 20.9 Å². The van der Waals surface area contributed by atoms with Crippen molar-refractivity contribution < 1.29 is 19.1 Å².